The van der Waals surface area contributed by atoms with Crippen molar-refractivity contribution in [1.82, 2.24) is 9.80 Å². The number of hydrogen-bond donors (Lipinski definition) is 0. The average molecular weight is 200 g/mol. The summed E-state index contributed by atoms with van der Waals surface area (Å²) in [5, 5.41) is 0. The number of nitrogens with zero attached hydrogens (tertiary/aromatic N) is 2. The van der Waals surface area contributed by atoms with Crippen LogP contribution < -0.4 is 0 Å². The first-order valence-corrected chi connectivity index (χ1v) is 6.07. The zero-order valence-corrected chi connectivity index (χ0v) is 10.7. The van der Waals surface area contributed by atoms with E-state index in [-0.39, 0.29) is 0 Å². The van der Waals surface area contributed by atoms with E-state index in [1.807, 2.05) is 0 Å². The third kappa shape index (κ3) is 4.97. The van der Waals surface area contributed by atoms with Crippen molar-refractivity contribution in [3.63, 3.8) is 0 Å². The number of hydrogen-bond acceptors (Lipinski definition) is 2. The third-order valence-electron chi connectivity index (χ3n) is 2.90. The summed E-state index contributed by atoms with van der Waals surface area (Å²) in [6.45, 7) is 9.08. The molecule has 0 heterocycles. The fraction of sp³-hybridized carbons (Fsp3) is 1.00. The molecule has 0 radical (unpaired) electrons. The molecule has 0 aromatic carbocycles. The lowest BCUT2D eigenvalue weighted by Crippen LogP contribution is -2.44. The normalized spacial score (nSPS) is 13.9. The van der Waals surface area contributed by atoms with Crippen molar-refractivity contribution < 1.29 is 0 Å². The van der Waals surface area contributed by atoms with Gasteiger partial charge in [-0.1, -0.05) is 40.0 Å². The largest absolute Gasteiger partial charge is 0.294 e. The van der Waals surface area contributed by atoms with Crippen LogP contribution in [0.4, 0.5) is 0 Å². The number of unbranched alkanes of at least 4 members (excludes halogenated alkanes) is 2. The minimum Gasteiger partial charge on any atom is -0.294 e. The summed E-state index contributed by atoms with van der Waals surface area (Å²) in [7, 11) is 4.38. The quantitative estimate of drug-likeness (QED) is 0.439. The van der Waals surface area contributed by atoms with E-state index in [4.69, 9.17) is 0 Å². The van der Waals surface area contributed by atoms with Crippen molar-refractivity contribution in [3.05, 3.63) is 0 Å². The van der Waals surface area contributed by atoms with Crippen LogP contribution in [-0.4, -0.2) is 43.2 Å². The third-order valence-corrected chi connectivity index (χ3v) is 2.90. The van der Waals surface area contributed by atoms with Crippen molar-refractivity contribution in [2.75, 3.05) is 27.2 Å². The highest BCUT2D eigenvalue weighted by Crippen LogP contribution is 2.11. The lowest BCUT2D eigenvalue weighted by Gasteiger charge is -2.34. The fourth-order valence-electron chi connectivity index (χ4n) is 1.99. The van der Waals surface area contributed by atoms with E-state index < -0.39 is 0 Å². The molecule has 0 saturated heterocycles. The van der Waals surface area contributed by atoms with E-state index in [1.54, 1.807) is 0 Å². The molecular weight excluding hydrogens is 172 g/mol. The molecule has 0 rings (SSSR count). The molecule has 2 heteroatoms. The van der Waals surface area contributed by atoms with Gasteiger partial charge in [-0.2, -0.15) is 0 Å². The van der Waals surface area contributed by atoms with Crippen LogP contribution in [0, 0.1) is 0 Å². The molecule has 14 heavy (non-hydrogen) atoms. The van der Waals surface area contributed by atoms with Gasteiger partial charge in [-0.25, -0.2) is 0 Å². The van der Waals surface area contributed by atoms with Crippen LogP contribution >= 0.6 is 0 Å². The van der Waals surface area contributed by atoms with Crippen LogP contribution in [-0.2, 0) is 0 Å². The first-order chi connectivity index (χ1) is 6.67. The predicted molar refractivity (Wildman–Crippen MR) is 64.5 cm³/mol. The van der Waals surface area contributed by atoms with Gasteiger partial charge >= 0.3 is 0 Å². The van der Waals surface area contributed by atoms with E-state index in [2.05, 4.69) is 44.7 Å². The summed E-state index contributed by atoms with van der Waals surface area (Å²) >= 11 is 0. The predicted octanol–water partition coefficient (Wildman–Crippen LogP) is 2.80. The van der Waals surface area contributed by atoms with Gasteiger partial charge in [-0.3, -0.25) is 9.80 Å². The smallest absolute Gasteiger partial charge is 0.0617 e. The molecule has 0 aromatic rings. The van der Waals surface area contributed by atoms with Crippen LogP contribution in [0.5, 0.6) is 0 Å². The summed E-state index contributed by atoms with van der Waals surface area (Å²) in [6, 6.07) is 0. The van der Waals surface area contributed by atoms with Crippen LogP contribution in [0.15, 0.2) is 0 Å². The molecule has 0 spiro atoms. The van der Waals surface area contributed by atoms with Crippen LogP contribution in [0.25, 0.3) is 0 Å². The molecule has 0 aliphatic heterocycles. The first-order valence-electron chi connectivity index (χ1n) is 6.07. The monoisotopic (exact) mass is 200 g/mol. The van der Waals surface area contributed by atoms with Gasteiger partial charge < -0.3 is 0 Å². The molecule has 1 atom stereocenters. The highest BCUT2D eigenvalue weighted by molar-refractivity contribution is 4.67. The maximum Gasteiger partial charge on any atom is 0.0617 e. The Balaban J connectivity index is 3.99. The summed E-state index contributed by atoms with van der Waals surface area (Å²) in [5.74, 6) is 0. The molecular formula is C12H28N2. The SMILES string of the molecule is CCCCCC(N(C)C)N(CC)CC. The lowest BCUT2D eigenvalue weighted by atomic mass is 10.1. The van der Waals surface area contributed by atoms with Crippen molar-refractivity contribution in [1.29, 1.82) is 0 Å². The second kappa shape index (κ2) is 8.25. The van der Waals surface area contributed by atoms with E-state index in [1.165, 1.54) is 25.7 Å². The molecule has 0 N–H and O–H groups in total. The Labute approximate surface area is 90.3 Å². The van der Waals surface area contributed by atoms with E-state index in [0.29, 0.717) is 6.17 Å². The number of rotatable bonds is 8. The summed E-state index contributed by atoms with van der Waals surface area (Å²) < 4.78 is 0. The lowest BCUT2D eigenvalue weighted by molar-refractivity contribution is 0.0791. The summed E-state index contributed by atoms with van der Waals surface area (Å²) in [6.07, 6.45) is 5.99. The molecule has 0 amide bonds. The summed E-state index contributed by atoms with van der Waals surface area (Å²) in [4.78, 5) is 4.89. The second-order valence-corrected chi connectivity index (χ2v) is 4.16. The Morgan fingerprint density at radius 3 is 1.86 bits per heavy atom. The van der Waals surface area contributed by atoms with Crippen molar-refractivity contribution in [2.45, 2.75) is 52.6 Å². The highest BCUT2D eigenvalue weighted by Gasteiger charge is 2.16. The van der Waals surface area contributed by atoms with Crippen molar-refractivity contribution >= 4 is 0 Å². The molecule has 1 unspecified atom stereocenters. The van der Waals surface area contributed by atoms with Gasteiger partial charge in [0, 0.05) is 0 Å². The molecule has 0 aromatic heterocycles. The maximum atomic E-state index is 2.54. The Kier molecular flexibility index (Phi) is 8.20. The van der Waals surface area contributed by atoms with Gasteiger partial charge in [0.15, 0.2) is 0 Å². The van der Waals surface area contributed by atoms with E-state index in [0.717, 1.165) is 13.1 Å². The van der Waals surface area contributed by atoms with Gasteiger partial charge in [-0.05, 0) is 33.6 Å². The van der Waals surface area contributed by atoms with Gasteiger partial charge in [0.1, 0.15) is 0 Å². The van der Waals surface area contributed by atoms with Crippen molar-refractivity contribution in [2.24, 2.45) is 0 Å². The van der Waals surface area contributed by atoms with Crippen LogP contribution in [0.3, 0.4) is 0 Å². The van der Waals surface area contributed by atoms with Crippen LogP contribution in [0.2, 0.25) is 0 Å². The van der Waals surface area contributed by atoms with Crippen molar-refractivity contribution in [3.8, 4) is 0 Å². The Morgan fingerprint density at radius 2 is 1.50 bits per heavy atom. The Bertz CT molecular complexity index is 119. The highest BCUT2D eigenvalue weighted by atomic mass is 15.3. The topological polar surface area (TPSA) is 6.48 Å². The molecule has 0 saturated carbocycles. The zero-order chi connectivity index (χ0) is 11.0. The van der Waals surface area contributed by atoms with E-state index in [9.17, 15) is 0 Å². The molecule has 0 aliphatic carbocycles. The zero-order valence-electron chi connectivity index (χ0n) is 10.7. The van der Waals surface area contributed by atoms with Gasteiger partial charge in [0.2, 0.25) is 0 Å². The fourth-order valence-corrected chi connectivity index (χ4v) is 1.99. The minimum absolute atomic E-state index is 0.636. The molecule has 0 bridgehead atoms. The standard InChI is InChI=1S/C12H28N2/c1-6-9-10-11-12(13(4)5)14(7-2)8-3/h12H,6-11H2,1-5H3. The van der Waals surface area contributed by atoms with Gasteiger partial charge in [0.25, 0.3) is 0 Å². The molecule has 0 fully saturated rings. The van der Waals surface area contributed by atoms with Gasteiger partial charge in [-0.15, -0.1) is 0 Å². The average Bonchev–Trinajstić information content (AvgIpc) is 2.17. The van der Waals surface area contributed by atoms with Gasteiger partial charge in [0.05, 0.1) is 6.17 Å². The minimum atomic E-state index is 0.636. The molecule has 0 aliphatic rings. The van der Waals surface area contributed by atoms with E-state index >= 15 is 0 Å². The maximum absolute atomic E-state index is 2.54. The molecule has 86 valence electrons. The Hall–Kier alpha value is -0.0800. The first kappa shape index (κ1) is 13.9. The summed E-state index contributed by atoms with van der Waals surface area (Å²) in [5.41, 5.74) is 0. The second-order valence-electron chi connectivity index (χ2n) is 4.16. The molecule has 2 nitrogen and oxygen atoms in total. The Morgan fingerprint density at radius 1 is 0.929 bits per heavy atom. The van der Waals surface area contributed by atoms with Crippen LogP contribution in [0.1, 0.15) is 46.5 Å².